The number of rotatable bonds is 4. The Kier molecular flexibility index (Phi) is 7.08. The predicted molar refractivity (Wildman–Crippen MR) is 146 cm³/mol. The Balaban J connectivity index is 1.51. The van der Waals surface area contributed by atoms with Crippen LogP contribution in [0.5, 0.6) is 0 Å². The van der Waals surface area contributed by atoms with Gasteiger partial charge in [0.2, 0.25) is 0 Å². The molecule has 13 atom stereocenters. The number of carbonyl (C=O) groups is 1. The number of esters is 1. The van der Waals surface area contributed by atoms with Crippen LogP contribution < -0.4 is 0 Å². The Morgan fingerprint density at radius 2 is 1.74 bits per heavy atom. The molecule has 1 aromatic carbocycles. The molecule has 4 fully saturated rings. The average molecular weight is 545 g/mol. The van der Waals surface area contributed by atoms with Crippen molar-refractivity contribution in [2.45, 2.75) is 104 Å². The zero-order valence-corrected chi connectivity index (χ0v) is 24.5. The molecule has 5 rings (SSSR count). The summed E-state index contributed by atoms with van der Waals surface area (Å²) in [6, 6.07) is 9.82. The van der Waals surface area contributed by atoms with E-state index < -0.39 is 46.8 Å². The lowest BCUT2D eigenvalue weighted by molar-refractivity contribution is -0.350. The molecule has 218 valence electrons. The van der Waals surface area contributed by atoms with E-state index in [1.165, 1.54) is 0 Å². The van der Waals surface area contributed by atoms with Gasteiger partial charge in [-0.25, -0.2) is 0 Å². The van der Waals surface area contributed by atoms with Crippen molar-refractivity contribution in [3.05, 3.63) is 35.9 Å². The van der Waals surface area contributed by atoms with Gasteiger partial charge in [-0.05, 0) is 35.2 Å². The zero-order chi connectivity index (χ0) is 28.7. The van der Waals surface area contributed by atoms with Gasteiger partial charge in [0.1, 0.15) is 6.10 Å². The molecule has 0 spiro atoms. The second-order valence-electron chi connectivity index (χ2n) is 14.4. The fraction of sp³-hybridized carbons (Fsp3) is 0.781. The Morgan fingerprint density at radius 3 is 2.33 bits per heavy atom. The van der Waals surface area contributed by atoms with Crippen molar-refractivity contribution >= 4 is 5.97 Å². The van der Waals surface area contributed by atoms with Crippen LogP contribution in [0.4, 0.5) is 0 Å². The van der Waals surface area contributed by atoms with Gasteiger partial charge in [-0.2, -0.15) is 0 Å². The molecule has 0 aromatic heterocycles. The number of aliphatic hydroxyl groups is 4. The van der Waals surface area contributed by atoms with Crippen molar-refractivity contribution in [1.82, 2.24) is 0 Å². The highest BCUT2D eigenvalue weighted by molar-refractivity contribution is 5.72. The minimum atomic E-state index is -1.33. The third-order valence-electron chi connectivity index (χ3n) is 12.1. The maximum atomic E-state index is 13.3. The summed E-state index contributed by atoms with van der Waals surface area (Å²) < 4.78 is 12.0. The lowest BCUT2D eigenvalue weighted by Gasteiger charge is -2.71. The highest BCUT2D eigenvalue weighted by Crippen LogP contribution is 2.68. The molecule has 1 heterocycles. The highest BCUT2D eigenvalue weighted by atomic mass is 16.5. The molecule has 2 bridgehead atoms. The number of aliphatic hydroxyl groups excluding tert-OH is 3. The normalized spacial score (nSPS) is 49.4. The lowest BCUT2D eigenvalue weighted by Crippen LogP contribution is -2.78. The Labute approximate surface area is 232 Å². The summed E-state index contributed by atoms with van der Waals surface area (Å²) in [5.74, 6) is -2.28. The summed E-state index contributed by atoms with van der Waals surface area (Å²) in [4.78, 5) is 13.3. The Bertz CT molecular complexity index is 1080. The van der Waals surface area contributed by atoms with Crippen molar-refractivity contribution in [2.24, 2.45) is 45.8 Å². The van der Waals surface area contributed by atoms with Gasteiger partial charge in [0.05, 0.1) is 42.5 Å². The molecule has 3 saturated carbocycles. The zero-order valence-electron chi connectivity index (χ0n) is 24.5. The standard InChI is InChI=1S/C32H48O7/c1-17(13-20-11-9-8-10-12-20)28(36)39-21-15-32(37)19(3)26-30(6)16-38-23(30)14-22(33)31(26,7)27(35)25(34)24(18(21)2)29(32,4)5/h8-12,17-19,21-27,33-35,37H,13-16H2,1-7H3/t17-,18?,19+,21+,22+,23?,24?,25-,26?,27?,30-,31?,32-/m1/s1. The summed E-state index contributed by atoms with van der Waals surface area (Å²) in [6.07, 6.45) is -2.95. The van der Waals surface area contributed by atoms with E-state index in [-0.39, 0.29) is 47.6 Å². The summed E-state index contributed by atoms with van der Waals surface area (Å²) >= 11 is 0. The minimum absolute atomic E-state index is 0.172. The van der Waals surface area contributed by atoms with Crippen LogP contribution in [0.1, 0.15) is 66.9 Å². The van der Waals surface area contributed by atoms with Crippen LogP contribution in [0, 0.1) is 45.8 Å². The maximum Gasteiger partial charge on any atom is 0.309 e. The first-order valence-corrected chi connectivity index (χ1v) is 14.7. The van der Waals surface area contributed by atoms with Gasteiger partial charge >= 0.3 is 5.97 Å². The third-order valence-corrected chi connectivity index (χ3v) is 12.1. The summed E-state index contributed by atoms with van der Waals surface area (Å²) in [5, 5.41) is 48.0. The quantitative estimate of drug-likeness (QED) is 0.430. The second-order valence-corrected chi connectivity index (χ2v) is 14.4. The smallest absolute Gasteiger partial charge is 0.309 e. The van der Waals surface area contributed by atoms with Crippen molar-refractivity contribution in [1.29, 1.82) is 0 Å². The SMILES string of the molecule is CC1C2[C@@H](O)C(O)C3(C)C([C@H](C)[C@](O)(C[C@@H]1OC(=O)[C@H](C)Cc1ccccc1)C2(C)C)[C@]1(C)COC1C[C@@H]3O. The number of hydrogen-bond acceptors (Lipinski definition) is 7. The van der Waals surface area contributed by atoms with E-state index in [0.29, 0.717) is 19.4 Å². The van der Waals surface area contributed by atoms with Crippen LogP contribution in [0.3, 0.4) is 0 Å². The molecule has 1 aromatic rings. The molecule has 6 unspecified atom stereocenters. The second kappa shape index (κ2) is 9.52. The minimum Gasteiger partial charge on any atom is -0.462 e. The average Bonchev–Trinajstić information content (AvgIpc) is 2.88. The van der Waals surface area contributed by atoms with E-state index in [2.05, 4.69) is 6.92 Å². The van der Waals surface area contributed by atoms with E-state index in [9.17, 15) is 25.2 Å². The van der Waals surface area contributed by atoms with Gasteiger partial charge in [-0.15, -0.1) is 0 Å². The molecule has 1 aliphatic heterocycles. The van der Waals surface area contributed by atoms with Crippen LogP contribution in [0.15, 0.2) is 30.3 Å². The largest absolute Gasteiger partial charge is 0.462 e. The Morgan fingerprint density at radius 1 is 1.10 bits per heavy atom. The van der Waals surface area contributed by atoms with Crippen molar-refractivity contribution < 1.29 is 34.7 Å². The van der Waals surface area contributed by atoms with E-state index in [1.54, 1.807) is 0 Å². The third kappa shape index (κ3) is 3.98. The molecule has 3 aliphatic carbocycles. The van der Waals surface area contributed by atoms with E-state index >= 15 is 0 Å². The van der Waals surface area contributed by atoms with Gasteiger partial charge in [-0.3, -0.25) is 4.79 Å². The van der Waals surface area contributed by atoms with Crippen LogP contribution in [-0.4, -0.2) is 69.1 Å². The van der Waals surface area contributed by atoms with E-state index in [1.807, 2.05) is 71.9 Å². The van der Waals surface area contributed by atoms with Crippen LogP contribution in [0.2, 0.25) is 0 Å². The molecule has 7 heteroatoms. The highest BCUT2D eigenvalue weighted by Gasteiger charge is 2.74. The number of ether oxygens (including phenoxy) is 2. The molecule has 39 heavy (non-hydrogen) atoms. The molecule has 0 amide bonds. The molecule has 0 radical (unpaired) electrons. The monoisotopic (exact) mass is 544 g/mol. The number of hydrogen-bond donors (Lipinski definition) is 4. The number of carbonyl (C=O) groups excluding carboxylic acids is 1. The van der Waals surface area contributed by atoms with Crippen molar-refractivity contribution in [3.63, 3.8) is 0 Å². The molecule has 1 saturated heterocycles. The first kappa shape index (κ1) is 29.0. The van der Waals surface area contributed by atoms with E-state index in [0.717, 1.165) is 5.56 Å². The van der Waals surface area contributed by atoms with Crippen molar-refractivity contribution in [2.75, 3.05) is 6.61 Å². The van der Waals surface area contributed by atoms with Crippen LogP contribution >= 0.6 is 0 Å². The van der Waals surface area contributed by atoms with Gasteiger partial charge in [0.15, 0.2) is 0 Å². The molecule has 4 N–H and O–H groups in total. The lowest BCUT2D eigenvalue weighted by atomic mass is 9.38. The Hall–Kier alpha value is -1.51. The van der Waals surface area contributed by atoms with Gasteiger partial charge in [0.25, 0.3) is 0 Å². The molecular formula is C32H48O7. The first-order chi connectivity index (χ1) is 18.1. The van der Waals surface area contributed by atoms with Gasteiger partial charge in [0, 0.05) is 29.6 Å². The van der Waals surface area contributed by atoms with Crippen LogP contribution in [-0.2, 0) is 20.7 Å². The van der Waals surface area contributed by atoms with Crippen LogP contribution in [0.25, 0.3) is 0 Å². The fourth-order valence-electron chi connectivity index (χ4n) is 9.71. The predicted octanol–water partition coefficient (Wildman–Crippen LogP) is 3.35. The first-order valence-electron chi connectivity index (χ1n) is 14.7. The topological polar surface area (TPSA) is 116 Å². The number of fused-ring (bicyclic) bond motifs is 5. The summed E-state index contributed by atoms with van der Waals surface area (Å²) in [5.41, 5.74) is -2.48. The fourth-order valence-corrected chi connectivity index (χ4v) is 9.71. The van der Waals surface area contributed by atoms with Crippen molar-refractivity contribution in [3.8, 4) is 0 Å². The number of benzene rings is 1. The molecule has 4 aliphatic rings. The van der Waals surface area contributed by atoms with E-state index in [4.69, 9.17) is 9.47 Å². The molecular weight excluding hydrogens is 496 g/mol. The molecule has 7 nitrogen and oxygen atoms in total. The summed E-state index contributed by atoms with van der Waals surface area (Å²) in [7, 11) is 0. The van der Waals surface area contributed by atoms with Gasteiger partial charge < -0.3 is 29.9 Å². The van der Waals surface area contributed by atoms with Gasteiger partial charge in [-0.1, -0.05) is 78.8 Å². The summed E-state index contributed by atoms with van der Waals surface area (Å²) in [6.45, 7) is 14.2. The maximum absolute atomic E-state index is 13.3.